The molecule has 2 rings (SSSR count). The molecule has 0 bridgehead atoms. The fourth-order valence-electron chi connectivity index (χ4n) is 1.64. The van der Waals surface area contributed by atoms with E-state index in [2.05, 4.69) is 10.2 Å². The van der Waals surface area contributed by atoms with Gasteiger partial charge in [0.15, 0.2) is 5.82 Å². The van der Waals surface area contributed by atoms with Gasteiger partial charge in [-0.2, -0.15) is 0 Å². The Bertz CT molecular complexity index is 519. The number of nitrogen functional groups attached to an aromatic ring is 1. The Kier molecular flexibility index (Phi) is 2.60. The SMILES string of the molecule is CCn1c(C)nnc1-c1ccc(N)c(F)c1. The van der Waals surface area contributed by atoms with Gasteiger partial charge < -0.3 is 10.3 Å². The minimum absolute atomic E-state index is 0.142. The van der Waals surface area contributed by atoms with E-state index < -0.39 is 5.82 Å². The van der Waals surface area contributed by atoms with E-state index in [1.54, 1.807) is 6.07 Å². The molecule has 84 valence electrons. The number of halogens is 1. The van der Waals surface area contributed by atoms with Crippen LogP contribution in [0.15, 0.2) is 18.2 Å². The molecule has 0 saturated heterocycles. The third kappa shape index (κ3) is 1.64. The summed E-state index contributed by atoms with van der Waals surface area (Å²) < 4.78 is 15.2. The van der Waals surface area contributed by atoms with E-state index in [9.17, 15) is 4.39 Å². The van der Waals surface area contributed by atoms with E-state index in [-0.39, 0.29) is 5.69 Å². The third-order valence-electron chi connectivity index (χ3n) is 2.51. The Morgan fingerprint density at radius 2 is 2.12 bits per heavy atom. The lowest BCUT2D eigenvalue weighted by Crippen LogP contribution is -2.00. The number of nitrogens with two attached hydrogens (primary N) is 1. The molecule has 0 aliphatic heterocycles. The molecule has 0 atom stereocenters. The maximum atomic E-state index is 13.3. The summed E-state index contributed by atoms with van der Waals surface area (Å²) in [5.74, 6) is 1.05. The first-order valence-electron chi connectivity index (χ1n) is 5.08. The first-order chi connectivity index (χ1) is 7.63. The summed E-state index contributed by atoms with van der Waals surface area (Å²) >= 11 is 0. The van der Waals surface area contributed by atoms with Crippen LogP contribution in [0, 0.1) is 12.7 Å². The molecule has 0 radical (unpaired) electrons. The second-order valence-corrected chi connectivity index (χ2v) is 3.55. The minimum Gasteiger partial charge on any atom is -0.396 e. The number of hydrogen-bond acceptors (Lipinski definition) is 3. The fraction of sp³-hybridized carbons (Fsp3) is 0.273. The number of benzene rings is 1. The molecule has 0 amide bonds. The Morgan fingerprint density at radius 3 is 2.75 bits per heavy atom. The van der Waals surface area contributed by atoms with Crippen molar-refractivity contribution in [1.29, 1.82) is 0 Å². The lowest BCUT2D eigenvalue weighted by atomic mass is 10.2. The molecule has 0 spiro atoms. The molecular formula is C11H13FN4. The van der Waals surface area contributed by atoms with Crippen molar-refractivity contribution in [2.75, 3.05) is 5.73 Å². The molecule has 5 heteroatoms. The van der Waals surface area contributed by atoms with Gasteiger partial charge in [0.2, 0.25) is 0 Å². The lowest BCUT2D eigenvalue weighted by Gasteiger charge is -2.05. The van der Waals surface area contributed by atoms with Crippen molar-refractivity contribution in [3.05, 3.63) is 29.8 Å². The Labute approximate surface area is 92.9 Å². The van der Waals surface area contributed by atoms with Crippen LogP contribution in [-0.4, -0.2) is 14.8 Å². The van der Waals surface area contributed by atoms with Gasteiger partial charge in [0.1, 0.15) is 11.6 Å². The van der Waals surface area contributed by atoms with Crippen LogP contribution in [0.25, 0.3) is 11.4 Å². The Balaban J connectivity index is 2.54. The van der Waals surface area contributed by atoms with E-state index in [1.807, 2.05) is 18.4 Å². The van der Waals surface area contributed by atoms with E-state index in [4.69, 9.17) is 5.73 Å². The van der Waals surface area contributed by atoms with Gasteiger partial charge in [0.25, 0.3) is 0 Å². The van der Waals surface area contributed by atoms with Crippen LogP contribution in [-0.2, 0) is 6.54 Å². The standard InChI is InChI=1S/C11H13FN4/c1-3-16-7(2)14-15-11(16)8-4-5-10(13)9(12)6-8/h4-6H,3,13H2,1-2H3. The van der Waals surface area contributed by atoms with E-state index in [1.165, 1.54) is 12.1 Å². The highest BCUT2D eigenvalue weighted by Crippen LogP contribution is 2.21. The van der Waals surface area contributed by atoms with Gasteiger partial charge in [-0.1, -0.05) is 0 Å². The van der Waals surface area contributed by atoms with Crippen molar-refractivity contribution in [2.24, 2.45) is 0 Å². The summed E-state index contributed by atoms with van der Waals surface area (Å²) in [5.41, 5.74) is 6.26. The fourth-order valence-corrected chi connectivity index (χ4v) is 1.64. The molecule has 4 nitrogen and oxygen atoms in total. The van der Waals surface area contributed by atoms with Crippen molar-refractivity contribution in [1.82, 2.24) is 14.8 Å². The topological polar surface area (TPSA) is 56.7 Å². The monoisotopic (exact) mass is 220 g/mol. The second-order valence-electron chi connectivity index (χ2n) is 3.55. The number of nitrogens with zero attached hydrogens (tertiary/aromatic N) is 3. The van der Waals surface area contributed by atoms with Crippen molar-refractivity contribution >= 4 is 5.69 Å². The van der Waals surface area contributed by atoms with Crippen LogP contribution in [0.2, 0.25) is 0 Å². The summed E-state index contributed by atoms with van der Waals surface area (Å²) in [6.07, 6.45) is 0. The lowest BCUT2D eigenvalue weighted by molar-refractivity contribution is 0.632. The summed E-state index contributed by atoms with van der Waals surface area (Å²) in [5, 5.41) is 8.01. The molecule has 1 aromatic carbocycles. The van der Waals surface area contributed by atoms with E-state index >= 15 is 0 Å². The highest BCUT2D eigenvalue weighted by atomic mass is 19.1. The van der Waals surface area contributed by atoms with Crippen LogP contribution in [0.1, 0.15) is 12.7 Å². The summed E-state index contributed by atoms with van der Waals surface area (Å²) in [4.78, 5) is 0. The Hall–Kier alpha value is -1.91. The third-order valence-corrected chi connectivity index (χ3v) is 2.51. The van der Waals surface area contributed by atoms with Crippen molar-refractivity contribution in [3.63, 3.8) is 0 Å². The molecule has 16 heavy (non-hydrogen) atoms. The Morgan fingerprint density at radius 1 is 1.38 bits per heavy atom. The maximum absolute atomic E-state index is 13.3. The van der Waals surface area contributed by atoms with Gasteiger partial charge in [-0.05, 0) is 32.0 Å². The first-order valence-corrected chi connectivity index (χ1v) is 5.08. The summed E-state index contributed by atoms with van der Waals surface area (Å²) in [7, 11) is 0. The molecule has 0 aliphatic carbocycles. The predicted octanol–water partition coefficient (Wildman–Crippen LogP) is 1.99. The normalized spacial score (nSPS) is 10.7. The van der Waals surface area contributed by atoms with Crippen LogP contribution in [0.4, 0.5) is 10.1 Å². The number of aryl methyl sites for hydroxylation is 1. The molecule has 2 N–H and O–H groups in total. The summed E-state index contributed by atoms with van der Waals surface area (Å²) in [6, 6.07) is 4.66. The first kappa shape index (κ1) is 10.6. The number of hydrogen-bond donors (Lipinski definition) is 1. The average molecular weight is 220 g/mol. The van der Waals surface area contributed by atoms with Gasteiger partial charge in [-0.15, -0.1) is 10.2 Å². The van der Waals surface area contributed by atoms with Crippen LogP contribution < -0.4 is 5.73 Å². The molecule has 0 unspecified atom stereocenters. The zero-order valence-electron chi connectivity index (χ0n) is 9.24. The van der Waals surface area contributed by atoms with Gasteiger partial charge in [-0.3, -0.25) is 0 Å². The highest BCUT2D eigenvalue weighted by molar-refractivity contribution is 5.59. The van der Waals surface area contributed by atoms with Gasteiger partial charge in [0.05, 0.1) is 5.69 Å². The molecule has 1 heterocycles. The quantitative estimate of drug-likeness (QED) is 0.787. The molecule has 1 aromatic heterocycles. The molecule has 2 aromatic rings. The number of aromatic nitrogens is 3. The second kappa shape index (κ2) is 3.92. The molecular weight excluding hydrogens is 207 g/mol. The van der Waals surface area contributed by atoms with E-state index in [0.29, 0.717) is 11.4 Å². The van der Waals surface area contributed by atoms with Gasteiger partial charge in [-0.25, -0.2) is 4.39 Å². The van der Waals surface area contributed by atoms with Crippen LogP contribution >= 0.6 is 0 Å². The smallest absolute Gasteiger partial charge is 0.164 e. The zero-order valence-corrected chi connectivity index (χ0v) is 9.24. The molecule has 0 aliphatic rings. The summed E-state index contributed by atoms with van der Waals surface area (Å²) in [6.45, 7) is 4.61. The van der Waals surface area contributed by atoms with Gasteiger partial charge >= 0.3 is 0 Å². The van der Waals surface area contributed by atoms with Crippen molar-refractivity contribution in [2.45, 2.75) is 20.4 Å². The van der Waals surface area contributed by atoms with Crippen molar-refractivity contribution in [3.8, 4) is 11.4 Å². The van der Waals surface area contributed by atoms with Gasteiger partial charge in [0, 0.05) is 12.1 Å². The average Bonchev–Trinajstić information content (AvgIpc) is 2.63. The molecule has 0 fully saturated rings. The number of rotatable bonds is 2. The highest BCUT2D eigenvalue weighted by Gasteiger charge is 2.10. The predicted molar refractivity (Wildman–Crippen MR) is 60.2 cm³/mol. The molecule has 0 saturated carbocycles. The van der Waals surface area contributed by atoms with Crippen LogP contribution in [0.3, 0.4) is 0 Å². The van der Waals surface area contributed by atoms with Crippen LogP contribution in [0.5, 0.6) is 0 Å². The van der Waals surface area contributed by atoms with Crippen molar-refractivity contribution < 1.29 is 4.39 Å². The maximum Gasteiger partial charge on any atom is 0.164 e. The largest absolute Gasteiger partial charge is 0.396 e. The van der Waals surface area contributed by atoms with E-state index in [0.717, 1.165) is 12.4 Å². The zero-order chi connectivity index (χ0) is 11.7. The number of anilines is 1. The minimum atomic E-state index is -0.430.